The molecule has 3 rings (SSSR count). The maximum Gasteiger partial charge on any atom is 0.238 e. The normalized spacial score (nSPS) is 21.5. The third kappa shape index (κ3) is 5.91. The number of hydrogen-bond acceptors (Lipinski definition) is 6. The van der Waals surface area contributed by atoms with E-state index >= 15 is 0 Å². The summed E-state index contributed by atoms with van der Waals surface area (Å²) in [6.07, 6.45) is 2.41. The second-order valence-corrected chi connectivity index (χ2v) is 9.13. The first kappa shape index (κ1) is 21.0. The van der Waals surface area contributed by atoms with Crippen molar-refractivity contribution in [1.82, 2.24) is 14.5 Å². The molecule has 2 heterocycles. The summed E-state index contributed by atoms with van der Waals surface area (Å²) in [6.45, 7) is 5.60. The van der Waals surface area contributed by atoms with Gasteiger partial charge in [0.25, 0.3) is 0 Å². The number of amides is 1. The van der Waals surface area contributed by atoms with Gasteiger partial charge in [0.15, 0.2) is 0 Å². The number of morpholine rings is 1. The largest absolute Gasteiger partial charge is 0.492 e. The molecule has 1 atom stereocenters. The van der Waals surface area contributed by atoms with Gasteiger partial charge in [0.2, 0.25) is 15.9 Å². The zero-order valence-electron chi connectivity index (χ0n) is 16.3. The minimum Gasteiger partial charge on any atom is -0.492 e. The van der Waals surface area contributed by atoms with Crippen LogP contribution in [0.4, 0.5) is 0 Å². The van der Waals surface area contributed by atoms with Gasteiger partial charge < -0.3 is 14.8 Å². The summed E-state index contributed by atoms with van der Waals surface area (Å²) >= 11 is 0. The number of nitrogens with zero attached hydrogens (tertiary/aromatic N) is 2. The molecule has 0 bridgehead atoms. The van der Waals surface area contributed by atoms with Gasteiger partial charge in [-0.2, -0.15) is 4.31 Å². The van der Waals surface area contributed by atoms with Crippen molar-refractivity contribution in [3.63, 3.8) is 0 Å². The topological polar surface area (TPSA) is 88.2 Å². The van der Waals surface area contributed by atoms with Crippen molar-refractivity contribution in [3.8, 4) is 5.75 Å². The highest BCUT2D eigenvalue weighted by atomic mass is 32.2. The Balaban J connectivity index is 1.47. The smallest absolute Gasteiger partial charge is 0.238 e. The summed E-state index contributed by atoms with van der Waals surface area (Å²) in [5, 5.41) is 2.86. The zero-order chi connectivity index (χ0) is 20.0. The third-order valence-corrected chi connectivity index (χ3v) is 6.37. The molecule has 2 aliphatic heterocycles. The van der Waals surface area contributed by atoms with E-state index in [2.05, 4.69) is 10.2 Å². The highest BCUT2D eigenvalue weighted by Gasteiger charge is 2.36. The summed E-state index contributed by atoms with van der Waals surface area (Å²) in [6, 6.07) is 7.00. The first-order chi connectivity index (χ1) is 13.4. The average molecular weight is 412 g/mol. The van der Waals surface area contributed by atoms with Crippen LogP contribution in [0.3, 0.4) is 0 Å². The van der Waals surface area contributed by atoms with Crippen molar-refractivity contribution >= 4 is 15.9 Å². The van der Waals surface area contributed by atoms with E-state index in [4.69, 9.17) is 9.47 Å². The fourth-order valence-corrected chi connectivity index (χ4v) is 4.69. The van der Waals surface area contributed by atoms with Crippen molar-refractivity contribution in [2.45, 2.75) is 25.4 Å². The predicted octanol–water partition coefficient (Wildman–Crippen LogP) is 0.438. The van der Waals surface area contributed by atoms with Gasteiger partial charge in [0.05, 0.1) is 19.5 Å². The van der Waals surface area contributed by atoms with Gasteiger partial charge in [-0.15, -0.1) is 0 Å². The van der Waals surface area contributed by atoms with Gasteiger partial charge in [-0.05, 0) is 30.5 Å². The third-order valence-electron chi connectivity index (χ3n) is 5.08. The molecule has 0 spiro atoms. The first-order valence-corrected chi connectivity index (χ1v) is 11.5. The van der Waals surface area contributed by atoms with Gasteiger partial charge in [0, 0.05) is 32.7 Å². The predicted molar refractivity (Wildman–Crippen MR) is 106 cm³/mol. The molecule has 156 valence electrons. The average Bonchev–Trinajstić information content (AvgIpc) is 3.18. The molecule has 2 fully saturated rings. The molecule has 0 saturated carbocycles. The first-order valence-electron chi connectivity index (χ1n) is 9.70. The van der Waals surface area contributed by atoms with Gasteiger partial charge in [0.1, 0.15) is 18.4 Å². The molecule has 1 aromatic rings. The van der Waals surface area contributed by atoms with Crippen molar-refractivity contribution in [2.75, 3.05) is 52.3 Å². The molecule has 2 saturated heterocycles. The van der Waals surface area contributed by atoms with Crippen LogP contribution < -0.4 is 10.1 Å². The number of hydrogen-bond donors (Lipinski definition) is 1. The minimum absolute atomic E-state index is 0.249. The Labute approximate surface area is 166 Å². The fourth-order valence-electron chi connectivity index (χ4n) is 3.57. The molecule has 1 amide bonds. The number of nitrogens with one attached hydrogen (secondary N) is 1. The molecule has 2 aliphatic rings. The molecule has 0 aromatic heterocycles. The zero-order valence-corrected chi connectivity index (χ0v) is 17.1. The molecule has 1 aromatic carbocycles. The maximum atomic E-state index is 12.4. The van der Waals surface area contributed by atoms with Gasteiger partial charge in [-0.25, -0.2) is 8.42 Å². The highest BCUT2D eigenvalue weighted by Crippen LogP contribution is 2.20. The van der Waals surface area contributed by atoms with Crippen molar-refractivity contribution in [1.29, 1.82) is 0 Å². The summed E-state index contributed by atoms with van der Waals surface area (Å²) in [5.41, 5.74) is 0.918. The number of sulfonamides is 1. The van der Waals surface area contributed by atoms with Crippen molar-refractivity contribution in [2.24, 2.45) is 0 Å². The van der Waals surface area contributed by atoms with Gasteiger partial charge >= 0.3 is 0 Å². The molecule has 0 radical (unpaired) electrons. The second-order valence-electron chi connectivity index (χ2n) is 7.20. The molecule has 28 heavy (non-hydrogen) atoms. The summed E-state index contributed by atoms with van der Waals surface area (Å²) in [5.74, 6) is 0.514. The minimum atomic E-state index is -3.37. The molecular formula is C19H29N3O5S. The molecular weight excluding hydrogens is 382 g/mol. The SMILES string of the molecule is CS(=O)(=O)N1CCCC1C(=O)NCc1cccc(OCCN2CCOCC2)c1. The Morgan fingerprint density at radius 2 is 2.07 bits per heavy atom. The highest BCUT2D eigenvalue weighted by molar-refractivity contribution is 7.88. The molecule has 9 heteroatoms. The van der Waals surface area contributed by atoms with Gasteiger partial charge in [-0.3, -0.25) is 9.69 Å². The maximum absolute atomic E-state index is 12.4. The number of carbonyl (C=O) groups excluding carboxylic acids is 1. The molecule has 1 N–H and O–H groups in total. The number of rotatable bonds is 8. The van der Waals surface area contributed by atoms with Crippen molar-refractivity contribution in [3.05, 3.63) is 29.8 Å². The lowest BCUT2D eigenvalue weighted by molar-refractivity contribution is -0.124. The molecule has 0 aliphatic carbocycles. The lowest BCUT2D eigenvalue weighted by atomic mass is 10.2. The van der Waals surface area contributed by atoms with Crippen LogP contribution in [0.2, 0.25) is 0 Å². The van der Waals surface area contributed by atoms with E-state index in [0.717, 1.165) is 50.4 Å². The van der Waals surface area contributed by atoms with Crippen LogP contribution in [0.5, 0.6) is 5.75 Å². The van der Waals surface area contributed by atoms with Crippen molar-refractivity contribution < 1.29 is 22.7 Å². The van der Waals surface area contributed by atoms with Crippen LogP contribution in [0.15, 0.2) is 24.3 Å². The number of ether oxygens (including phenoxy) is 2. The number of benzene rings is 1. The van der Waals surface area contributed by atoms with Crippen LogP contribution in [0, 0.1) is 0 Å². The Kier molecular flexibility index (Phi) is 7.28. The van der Waals surface area contributed by atoms with Crippen LogP contribution in [0.1, 0.15) is 18.4 Å². The summed E-state index contributed by atoms with van der Waals surface area (Å²) < 4.78 is 36.1. The quantitative estimate of drug-likeness (QED) is 0.668. The summed E-state index contributed by atoms with van der Waals surface area (Å²) in [4.78, 5) is 14.8. The van der Waals surface area contributed by atoms with Gasteiger partial charge in [-0.1, -0.05) is 12.1 Å². The monoisotopic (exact) mass is 411 g/mol. The number of carbonyl (C=O) groups is 1. The van der Waals surface area contributed by atoms with Crippen LogP contribution in [0.25, 0.3) is 0 Å². The van der Waals surface area contributed by atoms with E-state index < -0.39 is 16.1 Å². The summed E-state index contributed by atoms with van der Waals surface area (Å²) in [7, 11) is -3.37. The van der Waals surface area contributed by atoms with E-state index in [9.17, 15) is 13.2 Å². The van der Waals surface area contributed by atoms with Crippen LogP contribution >= 0.6 is 0 Å². The second kappa shape index (κ2) is 9.69. The fraction of sp³-hybridized carbons (Fsp3) is 0.632. The lowest BCUT2D eigenvalue weighted by Gasteiger charge is -2.26. The van der Waals surface area contributed by atoms with Crippen LogP contribution in [-0.2, 0) is 26.1 Å². The van der Waals surface area contributed by atoms with E-state index in [1.807, 2.05) is 24.3 Å². The van der Waals surface area contributed by atoms with E-state index in [0.29, 0.717) is 32.5 Å². The van der Waals surface area contributed by atoms with Crippen LogP contribution in [-0.4, -0.2) is 81.8 Å². The van der Waals surface area contributed by atoms with E-state index in [1.165, 1.54) is 4.31 Å². The Morgan fingerprint density at radius 1 is 1.29 bits per heavy atom. The Bertz CT molecular complexity index is 765. The standard InChI is InChI=1S/C19H29N3O5S/c1-28(24,25)22-7-3-6-18(22)19(23)20-15-16-4-2-5-17(14-16)27-13-10-21-8-11-26-12-9-21/h2,4-5,14,18H,3,6-13,15H2,1H3,(H,20,23). The van der Waals surface area contributed by atoms with E-state index in [1.54, 1.807) is 0 Å². The van der Waals surface area contributed by atoms with E-state index in [-0.39, 0.29) is 5.91 Å². The Morgan fingerprint density at radius 3 is 2.82 bits per heavy atom. The molecule has 8 nitrogen and oxygen atoms in total. The Hall–Kier alpha value is -1.68. The molecule has 1 unspecified atom stereocenters. The lowest BCUT2D eigenvalue weighted by Crippen LogP contribution is -2.45.